The highest BCUT2D eigenvalue weighted by Crippen LogP contribution is 2.34. The second-order valence-electron chi connectivity index (χ2n) is 5.15. The number of nitrogens with two attached hydrogens (primary N) is 1. The Morgan fingerprint density at radius 1 is 1.60 bits per heavy atom. The van der Waals surface area contributed by atoms with E-state index < -0.39 is 11.0 Å². The zero-order chi connectivity index (χ0) is 14.9. The number of aliphatic hydroxyl groups excluding tert-OH is 1. The highest BCUT2D eigenvalue weighted by Gasteiger charge is 2.37. The minimum atomic E-state index is -0.581. The van der Waals surface area contributed by atoms with E-state index in [1.54, 1.807) is 4.90 Å². The Bertz CT molecular complexity index is 509. The maximum absolute atomic E-state index is 11.2. The molecule has 0 spiro atoms. The predicted octanol–water partition coefficient (Wildman–Crippen LogP) is -0.532. The van der Waals surface area contributed by atoms with Gasteiger partial charge in [0, 0.05) is 19.1 Å². The number of anilines is 2. The number of hydrogen-bond donors (Lipinski definition) is 2. The molecule has 20 heavy (non-hydrogen) atoms. The molecular formula is C11H18N6O3. The summed E-state index contributed by atoms with van der Waals surface area (Å²) in [5, 5.41) is 21.0. The quantitative estimate of drug-likeness (QED) is 0.558. The Labute approximate surface area is 116 Å². The van der Waals surface area contributed by atoms with E-state index in [1.807, 2.05) is 19.0 Å². The second kappa shape index (κ2) is 5.55. The molecule has 2 heterocycles. The van der Waals surface area contributed by atoms with E-state index in [1.165, 1.54) is 6.33 Å². The summed E-state index contributed by atoms with van der Waals surface area (Å²) in [5.74, 6) is 0.0101. The van der Waals surface area contributed by atoms with Crippen LogP contribution in [-0.4, -0.2) is 64.2 Å². The van der Waals surface area contributed by atoms with E-state index in [-0.39, 0.29) is 23.4 Å². The second-order valence-corrected chi connectivity index (χ2v) is 5.15. The van der Waals surface area contributed by atoms with Gasteiger partial charge in [-0.05, 0) is 20.5 Å². The summed E-state index contributed by atoms with van der Waals surface area (Å²) in [4.78, 5) is 21.9. The molecule has 2 unspecified atom stereocenters. The van der Waals surface area contributed by atoms with E-state index in [2.05, 4.69) is 9.97 Å². The van der Waals surface area contributed by atoms with Gasteiger partial charge >= 0.3 is 5.69 Å². The lowest BCUT2D eigenvalue weighted by Gasteiger charge is -2.27. The van der Waals surface area contributed by atoms with Crippen molar-refractivity contribution < 1.29 is 10.0 Å². The number of rotatable bonds is 4. The fraction of sp³-hybridized carbons (Fsp3) is 0.636. The number of nitrogens with zero attached hydrogens (tertiary/aromatic N) is 5. The third-order valence-electron chi connectivity index (χ3n) is 3.25. The molecule has 1 fully saturated rings. The highest BCUT2D eigenvalue weighted by molar-refractivity contribution is 5.69. The van der Waals surface area contributed by atoms with Crippen molar-refractivity contribution in [2.45, 2.75) is 18.6 Å². The van der Waals surface area contributed by atoms with Gasteiger partial charge in [-0.2, -0.15) is 0 Å². The zero-order valence-electron chi connectivity index (χ0n) is 11.4. The summed E-state index contributed by atoms with van der Waals surface area (Å²) in [5.41, 5.74) is 5.28. The van der Waals surface area contributed by atoms with Gasteiger partial charge in [0.1, 0.15) is 6.33 Å². The minimum Gasteiger partial charge on any atom is -0.391 e. The van der Waals surface area contributed by atoms with Crippen molar-refractivity contribution in [2.24, 2.45) is 0 Å². The van der Waals surface area contributed by atoms with Crippen molar-refractivity contribution in [3.05, 3.63) is 16.4 Å². The molecule has 1 aromatic rings. The van der Waals surface area contributed by atoms with Crippen molar-refractivity contribution in [3.8, 4) is 0 Å². The Morgan fingerprint density at radius 2 is 2.30 bits per heavy atom. The van der Waals surface area contributed by atoms with Crippen LogP contribution in [0.5, 0.6) is 0 Å². The van der Waals surface area contributed by atoms with E-state index in [4.69, 9.17) is 5.73 Å². The number of nitro groups is 1. The fourth-order valence-corrected chi connectivity index (χ4v) is 2.51. The molecule has 1 aromatic heterocycles. The van der Waals surface area contributed by atoms with Gasteiger partial charge in [-0.1, -0.05) is 0 Å². The lowest BCUT2D eigenvalue weighted by molar-refractivity contribution is -0.383. The van der Waals surface area contributed by atoms with Crippen LogP contribution in [0.2, 0.25) is 0 Å². The third kappa shape index (κ3) is 2.78. The molecule has 2 rings (SSSR count). The first-order valence-electron chi connectivity index (χ1n) is 6.24. The van der Waals surface area contributed by atoms with Crippen molar-refractivity contribution in [1.29, 1.82) is 0 Å². The summed E-state index contributed by atoms with van der Waals surface area (Å²) in [6, 6.07) is -0.0481. The van der Waals surface area contributed by atoms with Crippen LogP contribution in [0.15, 0.2) is 6.33 Å². The monoisotopic (exact) mass is 282 g/mol. The summed E-state index contributed by atoms with van der Waals surface area (Å²) in [6.45, 7) is 0.966. The van der Waals surface area contributed by atoms with Crippen LogP contribution in [0.4, 0.5) is 17.3 Å². The first-order chi connectivity index (χ1) is 9.40. The van der Waals surface area contributed by atoms with Gasteiger partial charge in [-0.3, -0.25) is 10.1 Å². The molecule has 2 atom stereocenters. The van der Waals surface area contributed by atoms with E-state index in [0.717, 1.165) is 0 Å². The Balaban J connectivity index is 2.39. The van der Waals surface area contributed by atoms with Crippen molar-refractivity contribution in [3.63, 3.8) is 0 Å². The van der Waals surface area contributed by atoms with E-state index in [9.17, 15) is 15.2 Å². The topological polar surface area (TPSA) is 122 Å². The molecule has 1 saturated heterocycles. The molecular weight excluding hydrogens is 264 g/mol. The summed E-state index contributed by atoms with van der Waals surface area (Å²) in [7, 11) is 3.82. The lowest BCUT2D eigenvalue weighted by Crippen LogP contribution is -2.38. The van der Waals surface area contributed by atoms with Crippen LogP contribution >= 0.6 is 0 Å². The molecule has 110 valence electrons. The predicted molar refractivity (Wildman–Crippen MR) is 73.4 cm³/mol. The van der Waals surface area contributed by atoms with Crippen LogP contribution in [0.3, 0.4) is 0 Å². The average molecular weight is 282 g/mol. The van der Waals surface area contributed by atoms with Crippen LogP contribution < -0.4 is 10.6 Å². The van der Waals surface area contributed by atoms with Gasteiger partial charge in [-0.15, -0.1) is 0 Å². The SMILES string of the molecule is CN(C)CC1CC(O)CN1c1ncnc(N)c1[N+](=O)[O-]. The lowest BCUT2D eigenvalue weighted by atomic mass is 10.2. The van der Waals surface area contributed by atoms with Crippen LogP contribution in [0, 0.1) is 10.1 Å². The molecule has 1 aliphatic rings. The van der Waals surface area contributed by atoms with Gasteiger partial charge < -0.3 is 20.6 Å². The summed E-state index contributed by atoms with van der Waals surface area (Å²) in [6.07, 6.45) is 1.21. The first kappa shape index (κ1) is 14.4. The number of aromatic nitrogens is 2. The smallest absolute Gasteiger partial charge is 0.353 e. The molecule has 3 N–H and O–H groups in total. The standard InChI is InChI=1S/C11H18N6O3/c1-15(2)4-7-3-8(18)5-16(7)11-9(17(19)20)10(12)13-6-14-11/h6-8,18H,3-5H2,1-2H3,(H2,12,13,14). The molecule has 0 amide bonds. The first-order valence-corrected chi connectivity index (χ1v) is 6.24. The van der Waals surface area contributed by atoms with E-state index in [0.29, 0.717) is 19.5 Å². The van der Waals surface area contributed by atoms with Gasteiger partial charge in [0.2, 0.25) is 11.6 Å². The van der Waals surface area contributed by atoms with Crippen LogP contribution in [0.1, 0.15) is 6.42 Å². The number of β-amino-alcohol motifs (C(OH)–C–C–N with tert-alkyl or cyclic N) is 1. The van der Waals surface area contributed by atoms with Gasteiger partial charge in [-0.25, -0.2) is 9.97 Å². The van der Waals surface area contributed by atoms with Gasteiger partial charge in [0.05, 0.1) is 11.0 Å². The average Bonchev–Trinajstić information content (AvgIpc) is 2.68. The Kier molecular flexibility index (Phi) is 4.00. The molecule has 1 aliphatic heterocycles. The van der Waals surface area contributed by atoms with Crippen molar-refractivity contribution in [1.82, 2.24) is 14.9 Å². The molecule has 0 aromatic carbocycles. The number of hydrogen-bond acceptors (Lipinski definition) is 8. The normalized spacial score (nSPS) is 22.5. The molecule has 9 heteroatoms. The molecule has 0 bridgehead atoms. The molecule has 0 radical (unpaired) electrons. The molecule has 0 aliphatic carbocycles. The van der Waals surface area contributed by atoms with Crippen molar-refractivity contribution in [2.75, 3.05) is 37.8 Å². The fourth-order valence-electron chi connectivity index (χ4n) is 2.51. The van der Waals surface area contributed by atoms with Crippen LogP contribution in [0.25, 0.3) is 0 Å². The minimum absolute atomic E-state index is 0.0481. The zero-order valence-corrected chi connectivity index (χ0v) is 11.4. The number of nitrogen functional groups attached to an aromatic ring is 1. The maximum Gasteiger partial charge on any atom is 0.353 e. The number of likely N-dealkylation sites (N-methyl/N-ethyl adjacent to an activating group) is 1. The molecule has 0 saturated carbocycles. The van der Waals surface area contributed by atoms with Gasteiger partial charge in [0.25, 0.3) is 0 Å². The Hall–Kier alpha value is -2.00. The summed E-state index contributed by atoms with van der Waals surface area (Å²) < 4.78 is 0. The third-order valence-corrected chi connectivity index (χ3v) is 3.25. The summed E-state index contributed by atoms with van der Waals surface area (Å²) >= 11 is 0. The highest BCUT2D eigenvalue weighted by atomic mass is 16.6. The largest absolute Gasteiger partial charge is 0.391 e. The van der Waals surface area contributed by atoms with Crippen LogP contribution in [-0.2, 0) is 0 Å². The maximum atomic E-state index is 11.2. The molecule has 9 nitrogen and oxygen atoms in total. The van der Waals surface area contributed by atoms with Gasteiger partial charge in [0.15, 0.2) is 0 Å². The van der Waals surface area contributed by atoms with Crippen molar-refractivity contribution >= 4 is 17.3 Å². The van der Waals surface area contributed by atoms with E-state index >= 15 is 0 Å². The number of aliphatic hydroxyl groups is 1. The Morgan fingerprint density at radius 3 is 2.90 bits per heavy atom.